The number of nitrogens with one attached hydrogen (secondary N) is 1. The van der Waals surface area contributed by atoms with Gasteiger partial charge in [0.1, 0.15) is 17.4 Å². The Bertz CT molecular complexity index is 670. The molecule has 0 saturated carbocycles. The van der Waals surface area contributed by atoms with E-state index in [2.05, 4.69) is 5.32 Å². The van der Waals surface area contributed by atoms with Gasteiger partial charge in [0, 0.05) is 18.2 Å². The molecular formula is C18H25N3O4. The average Bonchev–Trinajstić information content (AvgIpc) is 2.51. The number of phenols is 1. The highest BCUT2D eigenvalue weighted by molar-refractivity contribution is 5.95. The van der Waals surface area contributed by atoms with Crippen molar-refractivity contribution in [3.05, 3.63) is 29.8 Å². The minimum Gasteiger partial charge on any atom is -0.508 e. The van der Waals surface area contributed by atoms with Gasteiger partial charge in [-0.2, -0.15) is 0 Å². The van der Waals surface area contributed by atoms with Crippen molar-refractivity contribution in [1.82, 2.24) is 15.1 Å². The lowest BCUT2D eigenvalue weighted by molar-refractivity contribution is -0.187. The second-order valence-corrected chi connectivity index (χ2v) is 7.30. The molecule has 1 spiro atoms. The summed E-state index contributed by atoms with van der Waals surface area (Å²) in [7, 11) is 1.91. The molecule has 25 heavy (non-hydrogen) atoms. The van der Waals surface area contributed by atoms with Gasteiger partial charge in [-0.1, -0.05) is 6.07 Å². The maximum Gasteiger partial charge on any atom is 0.254 e. The fourth-order valence-corrected chi connectivity index (χ4v) is 3.46. The number of amides is 2. The van der Waals surface area contributed by atoms with Crippen LogP contribution in [-0.4, -0.2) is 77.7 Å². The molecule has 2 N–H and O–H groups in total. The fraction of sp³-hybridized carbons (Fsp3) is 0.556. The summed E-state index contributed by atoms with van der Waals surface area (Å²) >= 11 is 0. The van der Waals surface area contributed by atoms with Crippen molar-refractivity contribution in [3.63, 3.8) is 0 Å². The first-order valence-corrected chi connectivity index (χ1v) is 8.52. The number of morpholine rings is 1. The van der Waals surface area contributed by atoms with E-state index in [1.807, 2.05) is 25.8 Å². The summed E-state index contributed by atoms with van der Waals surface area (Å²) in [6.45, 7) is 5.77. The molecule has 0 radical (unpaired) electrons. The lowest BCUT2D eigenvalue weighted by Crippen LogP contribution is -2.73. The quantitative estimate of drug-likeness (QED) is 0.829. The molecule has 0 aromatic heterocycles. The molecule has 3 rings (SSSR count). The van der Waals surface area contributed by atoms with Gasteiger partial charge >= 0.3 is 0 Å². The molecule has 0 bridgehead atoms. The van der Waals surface area contributed by atoms with Crippen LogP contribution in [-0.2, 0) is 9.53 Å². The summed E-state index contributed by atoms with van der Waals surface area (Å²) < 4.78 is 5.98. The number of carbonyl (C=O) groups excluding carboxylic acids is 2. The van der Waals surface area contributed by atoms with Gasteiger partial charge in [0.25, 0.3) is 5.91 Å². The van der Waals surface area contributed by atoms with E-state index in [0.717, 1.165) is 0 Å². The van der Waals surface area contributed by atoms with Crippen LogP contribution in [0.4, 0.5) is 0 Å². The number of carbonyl (C=O) groups is 2. The summed E-state index contributed by atoms with van der Waals surface area (Å²) in [6.07, 6.45) is 0. The highest BCUT2D eigenvalue weighted by Gasteiger charge is 2.51. The molecule has 0 aliphatic carbocycles. The number of nitrogens with zero attached hydrogens (tertiary/aromatic N) is 2. The first-order valence-electron chi connectivity index (χ1n) is 8.52. The second-order valence-electron chi connectivity index (χ2n) is 7.30. The van der Waals surface area contributed by atoms with E-state index >= 15 is 0 Å². The lowest BCUT2D eigenvalue weighted by atomic mass is 9.90. The van der Waals surface area contributed by atoms with Crippen molar-refractivity contribution in [2.45, 2.75) is 31.5 Å². The Hall–Kier alpha value is -2.12. The van der Waals surface area contributed by atoms with Crippen LogP contribution in [0.5, 0.6) is 5.75 Å². The van der Waals surface area contributed by atoms with E-state index in [4.69, 9.17) is 4.74 Å². The first-order chi connectivity index (χ1) is 11.8. The predicted octanol–water partition coefficient (Wildman–Crippen LogP) is 0.442. The summed E-state index contributed by atoms with van der Waals surface area (Å²) in [5.74, 6) is -0.0689. The Morgan fingerprint density at radius 1 is 1.32 bits per heavy atom. The third-order valence-electron chi connectivity index (χ3n) is 4.69. The second kappa shape index (κ2) is 6.65. The van der Waals surface area contributed by atoms with Crippen LogP contribution in [0.15, 0.2) is 24.3 Å². The summed E-state index contributed by atoms with van der Waals surface area (Å²) in [5, 5.41) is 12.4. The van der Waals surface area contributed by atoms with Gasteiger partial charge in [0.15, 0.2) is 0 Å². The topological polar surface area (TPSA) is 82.1 Å². The van der Waals surface area contributed by atoms with Gasteiger partial charge < -0.3 is 20.1 Å². The molecule has 0 unspecified atom stereocenters. The van der Waals surface area contributed by atoms with E-state index in [1.54, 1.807) is 17.0 Å². The van der Waals surface area contributed by atoms with Crippen molar-refractivity contribution >= 4 is 11.8 Å². The van der Waals surface area contributed by atoms with Crippen molar-refractivity contribution in [2.24, 2.45) is 0 Å². The predicted molar refractivity (Wildman–Crippen MR) is 92.4 cm³/mol. The molecule has 7 nitrogen and oxygen atoms in total. The van der Waals surface area contributed by atoms with Gasteiger partial charge in [-0.3, -0.25) is 14.5 Å². The van der Waals surface area contributed by atoms with Crippen LogP contribution in [0.3, 0.4) is 0 Å². The number of likely N-dealkylation sites (N-methyl/N-ethyl adjacent to an activating group) is 1. The molecule has 2 fully saturated rings. The zero-order chi connectivity index (χ0) is 18.2. The normalized spacial score (nSPS) is 22.7. The third kappa shape index (κ3) is 3.62. The lowest BCUT2D eigenvalue weighted by Gasteiger charge is -2.54. The zero-order valence-electron chi connectivity index (χ0n) is 14.9. The fourth-order valence-electron chi connectivity index (χ4n) is 3.46. The van der Waals surface area contributed by atoms with Crippen LogP contribution in [0.1, 0.15) is 24.2 Å². The van der Waals surface area contributed by atoms with Crippen molar-refractivity contribution in [2.75, 3.05) is 33.3 Å². The molecule has 2 saturated heterocycles. The Balaban J connectivity index is 1.57. The molecule has 7 heteroatoms. The Kier molecular flexibility index (Phi) is 4.71. The maximum absolute atomic E-state index is 12.5. The van der Waals surface area contributed by atoms with Gasteiger partial charge in [0.2, 0.25) is 5.91 Å². The largest absolute Gasteiger partial charge is 0.508 e. The molecule has 2 aliphatic rings. The molecule has 2 heterocycles. The van der Waals surface area contributed by atoms with Gasteiger partial charge in [-0.05, 0) is 39.1 Å². The summed E-state index contributed by atoms with van der Waals surface area (Å²) in [6, 6.07) is 6.14. The number of hydrogen-bond acceptors (Lipinski definition) is 5. The van der Waals surface area contributed by atoms with Crippen LogP contribution in [0.2, 0.25) is 0 Å². The summed E-state index contributed by atoms with van der Waals surface area (Å²) in [4.78, 5) is 28.4. The van der Waals surface area contributed by atoms with Crippen LogP contribution < -0.4 is 5.32 Å². The highest BCUT2D eigenvalue weighted by atomic mass is 16.5. The Morgan fingerprint density at radius 3 is 2.64 bits per heavy atom. The van der Waals surface area contributed by atoms with E-state index < -0.39 is 5.60 Å². The Labute approximate surface area is 147 Å². The SMILES string of the molecule is CC(C)NC(=O)[C@@H]1COC2(CN(C(=O)c3cccc(O)c3)C2)CN1C. The first kappa shape index (κ1) is 17.7. The summed E-state index contributed by atoms with van der Waals surface area (Å²) in [5.41, 5.74) is 0.0590. The van der Waals surface area contributed by atoms with Crippen LogP contribution in [0.25, 0.3) is 0 Å². The van der Waals surface area contributed by atoms with Gasteiger partial charge in [0.05, 0.1) is 19.7 Å². The number of benzene rings is 1. The van der Waals surface area contributed by atoms with Crippen LogP contribution >= 0.6 is 0 Å². The Morgan fingerprint density at radius 2 is 2.04 bits per heavy atom. The van der Waals surface area contributed by atoms with E-state index in [1.165, 1.54) is 12.1 Å². The van der Waals surface area contributed by atoms with E-state index in [-0.39, 0.29) is 29.6 Å². The molecular weight excluding hydrogens is 322 g/mol. The van der Waals surface area contributed by atoms with Crippen molar-refractivity contribution in [3.8, 4) is 5.75 Å². The number of phenolic OH excluding ortho intramolecular Hbond substituents is 1. The molecule has 1 aromatic rings. The van der Waals surface area contributed by atoms with E-state index in [0.29, 0.717) is 31.8 Å². The number of likely N-dealkylation sites (tertiary alicyclic amines) is 1. The maximum atomic E-state index is 12.5. The number of aromatic hydroxyl groups is 1. The molecule has 2 aliphatic heterocycles. The number of hydrogen-bond donors (Lipinski definition) is 2. The highest BCUT2D eigenvalue weighted by Crippen LogP contribution is 2.32. The standard InChI is InChI=1S/C18H25N3O4/c1-12(2)19-16(23)15-8-25-18(9-20(15)3)10-21(11-18)17(24)13-5-4-6-14(22)7-13/h4-7,12,15,22H,8-11H2,1-3H3,(H,19,23)/t15-/m0/s1. The molecule has 1 aromatic carbocycles. The smallest absolute Gasteiger partial charge is 0.254 e. The zero-order valence-corrected chi connectivity index (χ0v) is 14.9. The van der Waals surface area contributed by atoms with Crippen molar-refractivity contribution in [1.29, 1.82) is 0 Å². The molecule has 2 amide bonds. The number of rotatable bonds is 3. The number of ether oxygens (including phenoxy) is 1. The monoisotopic (exact) mass is 347 g/mol. The third-order valence-corrected chi connectivity index (χ3v) is 4.69. The minimum absolute atomic E-state index is 0.0284. The minimum atomic E-state index is -0.407. The van der Waals surface area contributed by atoms with Crippen molar-refractivity contribution < 1.29 is 19.4 Å². The molecule has 136 valence electrons. The molecule has 1 atom stereocenters. The average molecular weight is 347 g/mol. The van der Waals surface area contributed by atoms with E-state index in [9.17, 15) is 14.7 Å². The van der Waals surface area contributed by atoms with Gasteiger partial charge in [-0.15, -0.1) is 0 Å². The van der Waals surface area contributed by atoms with Gasteiger partial charge in [-0.25, -0.2) is 0 Å². The van der Waals surface area contributed by atoms with Crippen LogP contribution in [0, 0.1) is 0 Å².